The van der Waals surface area contributed by atoms with Crippen LogP contribution >= 0.6 is 0 Å². The molecule has 106 valence electrons. The summed E-state index contributed by atoms with van der Waals surface area (Å²) in [5, 5.41) is 8.94. The summed E-state index contributed by atoms with van der Waals surface area (Å²) in [4.78, 5) is 4.60. The van der Waals surface area contributed by atoms with E-state index in [-0.39, 0.29) is 6.61 Å². The molecule has 5 heteroatoms. The van der Waals surface area contributed by atoms with E-state index in [2.05, 4.69) is 15.9 Å². The molecular weight excluding hydrogens is 244 g/mol. The fourth-order valence-electron chi connectivity index (χ4n) is 2.39. The van der Waals surface area contributed by atoms with Crippen molar-refractivity contribution in [2.75, 3.05) is 58.5 Å². The van der Waals surface area contributed by atoms with Gasteiger partial charge in [-0.1, -0.05) is 0 Å². The Morgan fingerprint density at radius 2 is 1.74 bits per heavy atom. The number of β-amino-alcohol motifs (C(OH)–C–C–N with tert-alkyl or cyclic N) is 1. The van der Waals surface area contributed by atoms with E-state index in [1.165, 1.54) is 0 Å². The van der Waals surface area contributed by atoms with Crippen molar-refractivity contribution in [2.45, 2.75) is 0 Å². The predicted molar refractivity (Wildman–Crippen MR) is 75.3 cm³/mol. The molecule has 0 bridgehead atoms. The van der Waals surface area contributed by atoms with Crippen molar-refractivity contribution in [1.82, 2.24) is 4.90 Å². The molecule has 5 nitrogen and oxygen atoms in total. The molecule has 1 heterocycles. The molecule has 0 radical (unpaired) electrons. The number of nitrogens with zero attached hydrogens (tertiary/aromatic N) is 2. The van der Waals surface area contributed by atoms with Gasteiger partial charge in [0.1, 0.15) is 0 Å². The smallest absolute Gasteiger partial charge is 0.162 e. The SMILES string of the molecule is COc1ccc(N2CCN(CCO)CC2)cc1OC. The first kappa shape index (κ1) is 14.0. The fraction of sp³-hybridized carbons (Fsp3) is 0.571. The molecule has 19 heavy (non-hydrogen) atoms. The number of anilines is 1. The Morgan fingerprint density at radius 3 is 2.32 bits per heavy atom. The lowest BCUT2D eigenvalue weighted by Gasteiger charge is -2.36. The van der Waals surface area contributed by atoms with E-state index in [4.69, 9.17) is 14.6 Å². The molecule has 1 aliphatic heterocycles. The lowest BCUT2D eigenvalue weighted by Crippen LogP contribution is -2.47. The zero-order chi connectivity index (χ0) is 13.7. The van der Waals surface area contributed by atoms with Crippen LogP contribution in [0.15, 0.2) is 18.2 Å². The molecule has 0 aliphatic carbocycles. The predicted octanol–water partition coefficient (Wildman–Crippen LogP) is 0.818. The minimum atomic E-state index is 0.232. The highest BCUT2D eigenvalue weighted by Crippen LogP contribution is 2.31. The van der Waals surface area contributed by atoms with E-state index >= 15 is 0 Å². The van der Waals surface area contributed by atoms with E-state index in [0.717, 1.165) is 49.9 Å². The van der Waals surface area contributed by atoms with Crippen LogP contribution in [0.5, 0.6) is 11.5 Å². The molecular formula is C14H22N2O3. The van der Waals surface area contributed by atoms with Gasteiger partial charge in [-0.05, 0) is 12.1 Å². The van der Waals surface area contributed by atoms with Crippen molar-refractivity contribution in [3.63, 3.8) is 0 Å². The summed E-state index contributed by atoms with van der Waals surface area (Å²) in [6.45, 7) is 4.89. The van der Waals surface area contributed by atoms with E-state index in [9.17, 15) is 0 Å². The number of hydrogen-bond acceptors (Lipinski definition) is 5. The standard InChI is InChI=1S/C14H22N2O3/c1-18-13-4-3-12(11-14(13)19-2)16-7-5-15(6-8-16)9-10-17/h3-4,11,17H,5-10H2,1-2H3. The fourth-order valence-corrected chi connectivity index (χ4v) is 2.39. The third-order valence-corrected chi connectivity index (χ3v) is 3.52. The van der Waals surface area contributed by atoms with E-state index < -0.39 is 0 Å². The highest BCUT2D eigenvalue weighted by atomic mass is 16.5. The van der Waals surface area contributed by atoms with Crippen LogP contribution in [0.25, 0.3) is 0 Å². The van der Waals surface area contributed by atoms with Crippen molar-refractivity contribution in [1.29, 1.82) is 0 Å². The Kier molecular flexibility index (Phi) is 4.87. The first-order valence-electron chi connectivity index (χ1n) is 6.58. The van der Waals surface area contributed by atoms with Gasteiger partial charge in [0.25, 0.3) is 0 Å². The third-order valence-electron chi connectivity index (χ3n) is 3.52. The van der Waals surface area contributed by atoms with Gasteiger partial charge in [0.05, 0.1) is 20.8 Å². The van der Waals surface area contributed by atoms with Gasteiger partial charge in [0.2, 0.25) is 0 Å². The first-order valence-corrected chi connectivity index (χ1v) is 6.58. The van der Waals surface area contributed by atoms with Crippen LogP contribution in [0.3, 0.4) is 0 Å². The lowest BCUT2D eigenvalue weighted by atomic mass is 10.2. The van der Waals surface area contributed by atoms with Crippen molar-refractivity contribution >= 4 is 5.69 Å². The van der Waals surface area contributed by atoms with Gasteiger partial charge in [-0.3, -0.25) is 4.90 Å². The van der Waals surface area contributed by atoms with Crippen molar-refractivity contribution in [2.24, 2.45) is 0 Å². The highest BCUT2D eigenvalue weighted by molar-refractivity contribution is 5.56. The molecule has 0 spiro atoms. The van der Waals surface area contributed by atoms with E-state index in [1.807, 2.05) is 12.1 Å². The summed E-state index contributed by atoms with van der Waals surface area (Å²) >= 11 is 0. The van der Waals surface area contributed by atoms with Crippen LogP contribution in [0.4, 0.5) is 5.69 Å². The molecule has 0 saturated carbocycles. The van der Waals surface area contributed by atoms with Crippen LogP contribution in [0.2, 0.25) is 0 Å². The maximum atomic E-state index is 8.94. The Balaban J connectivity index is 2.03. The highest BCUT2D eigenvalue weighted by Gasteiger charge is 2.17. The van der Waals surface area contributed by atoms with Gasteiger partial charge in [-0.2, -0.15) is 0 Å². The van der Waals surface area contributed by atoms with Crippen LogP contribution in [0, 0.1) is 0 Å². The number of rotatable bonds is 5. The van der Waals surface area contributed by atoms with Gasteiger partial charge in [-0.15, -0.1) is 0 Å². The monoisotopic (exact) mass is 266 g/mol. The number of ether oxygens (including phenoxy) is 2. The molecule has 0 aromatic heterocycles. The largest absolute Gasteiger partial charge is 0.493 e. The molecule has 0 atom stereocenters. The number of benzene rings is 1. The van der Waals surface area contributed by atoms with Crippen LogP contribution < -0.4 is 14.4 Å². The lowest BCUT2D eigenvalue weighted by molar-refractivity contribution is 0.189. The van der Waals surface area contributed by atoms with Crippen molar-refractivity contribution < 1.29 is 14.6 Å². The number of hydrogen-bond donors (Lipinski definition) is 1. The number of aliphatic hydroxyl groups excluding tert-OH is 1. The Hall–Kier alpha value is -1.46. The average Bonchev–Trinajstić information content (AvgIpc) is 2.47. The van der Waals surface area contributed by atoms with Gasteiger partial charge in [0, 0.05) is 44.5 Å². The van der Waals surface area contributed by atoms with E-state index in [1.54, 1.807) is 14.2 Å². The van der Waals surface area contributed by atoms with Gasteiger partial charge in [-0.25, -0.2) is 0 Å². The number of methoxy groups -OCH3 is 2. The van der Waals surface area contributed by atoms with Crippen LogP contribution in [-0.2, 0) is 0 Å². The Morgan fingerprint density at radius 1 is 1.05 bits per heavy atom. The average molecular weight is 266 g/mol. The molecule has 1 aromatic carbocycles. The molecule has 0 unspecified atom stereocenters. The number of piperazine rings is 1. The molecule has 0 amide bonds. The second kappa shape index (κ2) is 6.63. The summed E-state index contributed by atoms with van der Waals surface area (Å²) in [6.07, 6.45) is 0. The third kappa shape index (κ3) is 3.30. The number of aliphatic hydroxyl groups is 1. The summed E-state index contributed by atoms with van der Waals surface area (Å²) in [5.74, 6) is 1.52. The first-order chi connectivity index (χ1) is 9.28. The summed E-state index contributed by atoms with van der Waals surface area (Å²) in [6, 6.07) is 6.01. The zero-order valence-corrected chi connectivity index (χ0v) is 11.6. The van der Waals surface area contributed by atoms with Gasteiger partial charge >= 0.3 is 0 Å². The molecule has 1 fully saturated rings. The van der Waals surface area contributed by atoms with E-state index in [0.29, 0.717) is 0 Å². The zero-order valence-electron chi connectivity index (χ0n) is 11.6. The van der Waals surface area contributed by atoms with Gasteiger partial charge in [0.15, 0.2) is 11.5 Å². The maximum absolute atomic E-state index is 8.94. The van der Waals surface area contributed by atoms with Crippen LogP contribution in [0.1, 0.15) is 0 Å². The van der Waals surface area contributed by atoms with Crippen molar-refractivity contribution in [3.05, 3.63) is 18.2 Å². The quantitative estimate of drug-likeness (QED) is 0.855. The second-order valence-corrected chi connectivity index (χ2v) is 4.59. The molecule has 1 aromatic rings. The Bertz CT molecular complexity index is 404. The second-order valence-electron chi connectivity index (χ2n) is 4.59. The molecule has 1 aliphatic rings. The maximum Gasteiger partial charge on any atom is 0.162 e. The topological polar surface area (TPSA) is 45.2 Å². The summed E-state index contributed by atoms with van der Waals surface area (Å²) in [5.41, 5.74) is 1.15. The molecule has 2 rings (SSSR count). The Labute approximate surface area is 114 Å². The van der Waals surface area contributed by atoms with Gasteiger partial charge < -0.3 is 19.5 Å². The normalized spacial score (nSPS) is 16.5. The summed E-state index contributed by atoms with van der Waals surface area (Å²) in [7, 11) is 3.30. The molecule has 1 saturated heterocycles. The summed E-state index contributed by atoms with van der Waals surface area (Å²) < 4.78 is 10.6. The molecule has 1 N–H and O–H groups in total. The minimum absolute atomic E-state index is 0.232. The minimum Gasteiger partial charge on any atom is -0.493 e. The van der Waals surface area contributed by atoms with Crippen molar-refractivity contribution in [3.8, 4) is 11.5 Å². The van der Waals surface area contributed by atoms with Crippen LogP contribution in [-0.4, -0.2) is 63.6 Å².